The molecule has 1 aliphatic rings. The molecule has 1 saturated heterocycles. The highest BCUT2D eigenvalue weighted by Gasteiger charge is 2.17. The zero-order valence-corrected chi connectivity index (χ0v) is 13.3. The topological polar surface area (TPSA) is 41.1 Å². The number of nitrogens with one attached hydrogen (secondary N) is 2. The summed E-state index contributed by atoms with van der Waals surface area (Å²) in [4.78, 5) is 11.8. The van der Waals surface area contributed by atoms with Crippen LogP contribution < -0.4 is 10.6 Å². The summed E-state index contributed by atoms with van der Waals surface area (Å²) in [6, 6.07) is 6.01. The van der Waals surface area contributed by atoms with Gasteiger partial charge in [-0.05, 0) is 72.6 Å². The molecule has 100 valence electrons. The number of anilines is 1. The molecule has 1 unspecified atom stereocenters. The molecule has 1 amide bonds. The lowest BCUT2D eigenvalue weighted by Gasteiger charge is -2.10. The number of amides is 1. The molecule has 1 aromatic carbocycles. The number of carbonyl (C=O) groups excluding carboxylic acids is 1. The molecule has 3 nitrogen and oxygen atoms in total. The molecule has 0 saturated carbocycles. The van der Waals surface area contributed by atoms with E-state index in [4.69, 9.17) is 0 Å². The highest BCUT2D eigenvalue weighted by atomic mass is 127. The van der Waals surface area contributed by atoms with Crippen molar-refractivity contribution in [2.45, 2.75) is 19.8 Å². The third kappa shape index (κ3) is 4.40. The van der Waals surface area contributed by atoms with Gasteiger partial charge in [0.15, 0.2) is 0 Å². The molecule has 2 N–H and O–H groups in total. The Hall–Kier alpha value is -0.330. The maximum Gasteiger partial charge on any atom is 0.224 e. The van der Waals surface area contributed by atoms with Crippen LogP contribution in [0.15, 0.2) is 18.2 Å². The molecule has 1 heterocycles. The van der Waals surface area contributed by atoms with Crippen molar-refractivity contribution in [2.75, 3.05) is 18.4 Å². The van der Waals surface area contributed by atoms with E-state index < -0.39 is 0 Å². The van der Waals surface area contributed by atoms with Crippen LogP contribution in [0.3, 0.4) is 0 Å². The van der Waals surface area contributed by atoms with Crippen molar-refractivity contribution in [2.24, 2.45) is 5.92 Å². The third-order valence-electron chi connectivity index (χ3n) is 3.09. The molecule has 18 heavy (non-hydrogen) atoms. The van der Waals surface area contributed by atoms with Crippen LogP contribution >= 0.6 is 35.0 Å². The van der Waals surface area contributed by atoms with Gasteiger partial charge in [0.05, 0.1) is 0 Å². The number of rotatable bonds is 3. The highest BCUT2D eigenvalue weighted by molar-refractivity contribution is 14.1. The quantitative estimate of drug-likeness (QED) is 0.792. The summed E-state index contributed by atoms with van der Waals surface area (Å²) in [5.41, 5.74) is 2.14. The normalized spacial score (nSPS) is 18.2. The summed E-state index contributed by atoms with van der Waals surface area (Å²) < 4.78 is 1.18. The van der Waals surface area contributed by atoms with Gasteiger partial charge in [-0.25, -0.2) is 0 Å². The van der Waals surface area contributed by atoms with E-state index in [0.717, 1.165) is 25.2 Å². The summed E-state index contributed by atoms with van der Waals surface area (Å²) in [6.07, 6.45) is 1.73. The largest absolute Gasteiger partial charge is 0.326 e. The summed E-state index contributed by atoms with van der Waals surface area (Å²) >= 11 is 2.29. The Morgan fingerprint density at radius 1 is 1.56 bits per heavy atom. The fraction of sp³-hybridized carbons (Fsp3) is 0.462. The first-order valence-electron chi connectivity index (χ1n) is 5.92. The van der Waals surface area contributed by atoms with Crippen molar-refractivity contribution in [1.29, 1.82) is 0 Å². The maximum absolute atomic E-state index is 11.8. The van der Waals surface area contributed by atoms with Gasteiger partial charge < -0.3 is 10.6 Å². The Kier molecular flexibility index (Phi) is 6.38. The van der Waals surface area contributed by atoms with Crippen LogP contribution in [0, 0.1) is 16.4 Å². The van der Waals surface area contributed by atoms with Crippen molar-refractivity contribution < 1.29 is 4.79 Å². The molecule has 1 fully saturated rings. The lowest BCUT2D eigenvalue weighted by Crippen LogP contribution is -2.18. The second-order valence-corrected chi connectivity index (χ2v) is 5.74. The zero-order valence-electron chi connectivity index (χ0n) is 10.3. The Labute approximate surface area is 128 Å². The van der Waals surface area contributed by atoms with Crippen molar-refractivity contribution in [3.05, 3.63) is 27.3 Å². The first-order chi connectivity index (χ1) is 8.15. The SMILES string of the molecule is Cc1ccc(NC(=O)CC2CCNC2)cc1I.Cl. The molecule has 0 aliphatic carbocycles. The van der Waals surface area contributed by atoms with Gasteiger partial charge >= 0.3 is 0 Å². The van der Waals surface area contributed by atoms with Crippen molar-refractivity contribution in [1.82, 2.24) is 5.32 Å². The van der Waals surface area contributed by atoms with Gasteiger partial charge in [-0.15, -0.1) is 12.4 Å². The van der Waals surface area contributed by atoms with Gasteiger partial charge in [0, 0.05) is 15.7 Å². The van der Waals surface area contributed by atoms with Gasteiger partial charge in [-0.1, -0.05) is 6.07 Å². The molecule has 1 aromatic rings. The number of benzene rings is 1. The first-order valence-corrected chi connectivity index (χ1v) is 7.00. The van der Waals surface area contributed by atoms with Crippen molar-refractivity contribution in [3.63, 3.8) is 0 Å². The highest BCUT2D eigenvalue weighted by Crippen LogP contribution is 2.18. The lowest BCUT2D eigenvalue weighted by atomic mass is 10.0. The van der Waals surface area contributed by atoms with E-state index >= 15 is 0 Å². The van der Waals surface area contributed by atoms with Gasteiger partial charge in [0.25, 0.3) is 0 Å². The average molecular weight is 381 g/mol. The fourth-order valence-corrected chi connectivity index (χ4v) is 2.55. The van der Waals surface area contributed by atoms with E-state index in [1.54, 1.807) is 0 Å². The van der Waals surface area contributed by atoms with E-state index in [2.05, 4.69) is 40.1 Å². The Bertz CT molecular complexity index is 419. The van der Waals surface area contributed by atoms with Gasteiger partial charge in [0.2, 0.25) is 5.91 Å². The minimum Gasteiger partial charge on any atom is -0.326 e. The van der Waals surface area contributed by atoms with Crippen molar-refractivity contribution in [3.8, 4) is 0 Å². The van der Waals surface area contributed by atoms with Crippen LogP contribution in [-0.2, 0) is 4.79 Å². The van der Waals surface area contributed by atoms with Crippen molar-refractivity contribution >= 4 is 46.6 Å². The summed E-state index contributed by atoms with van der Waals surface area (Å²) in [5, 5.41) is 6.24. The van der Waals surface area contributed by atoms with Crippen LogP contribution in [0.25, 0.3) is 0 Å². The summed E-state index contributed by atoms with van der Waals surface area (Å²) in [6.45, 7) is 4.08. The number of carbonyl (C=O) groups is 1. The van der Waals surface area contributed by atoms with E-state index in [1.165, 1.54) is 9.13 Å². The van der Waals surface area contributed by atoms with Crippen LogP contribution in [0.5, 0.6) is 0 Å². The number of halogens is 2. The number of hydrogen-bond acceptors (Lipinski definition) is 2. The Balaban J connectivity index is 0.00000162. The molecule has 0 spiro atoms. The van der Waals surface area contributed by atoms with Crippen LogP contribution in [0.4, 0.5) is 5.69 Å². The molecular weight excluding hydrogens is 363 g/mol. The first kappa shape index (κ1) is 15.7. The fourth-order valence-electron chi connectivity index (χ4n) is 2.03. The van der Waals surface area contributed by atoms with Gasteiger partial charge in [-0.3, -0.25) is 4.79 Å². The number of hydrogen-bond donors (Lipinski definition) is 2. The predicted molar refractivity (Wildman–Crippen MR) is 85.4 cm³/mol. The smallest absolute Gasteiger partial charge is 0.224 e. The predicted octanol–water partition coefficient (Wildman–Crippen LogP) is 2.96. The second kappa shape index (κ2) is 7.31. The maximum atomic E-state index is 11.8. The van der Waals surface area contributed by atoms with Crippen LogP contribution in [0.1, 0.15) is 18.4 Å². The molecule has 2 rings (SSSR count). The molecule has 5 heteroatoms. The Morgan fingerprint density at radius 3 is 2.94 bits per heavy atom. The van der Waals surface area contributed by atoms with Crippen LogP contribution in [-0.4, -0.2) is 19.0 Å². The second-order valence-electron chi connectivity index (χ2n) is 4.58. The Morgan fingerprint density at radius 2 is 2.33 bits per heavy atom. The molecular formula is C13H18ClIN2O. The minimum absolute atomic E-state index is 0. The lowest BCUT2D eigenvalue weighted by molar-refractivity contribution is -0.116. The van der Waals surface area contributed by atoms with E-state index in [9.17, 15) is 4.79 Å². The summed E-state index contributed by atoms with van der Waals surface area (Å²) in [7, 11) is 0. The molecule has 0 bridgehead atoms. The van der Waals surface area contributed by atoms with E-state index in [-0.39, 0.29) is 18.3 Å². The number of aryl methyl sites for hydroxylation is 1. The van der Waals surface area contributed by atoms with Gasteiger partial charge in [-0.2, -0.15) is 0 Å². The monoisotopic (exact) mass is 380 g/mol. The molecule has 0 aromatic heterocycles. The van der Waals surface area contributed by atoms with E-state index in [0.29, 0.717) is 12.3 Å². The van der Waals surface area contributed by atoms with E-state index in [1.807, 2.05) is 18.2 Å². The third-order valence-corrected chi connectivity index (χ3v) is 4.25. The zero-order chi connectivity index (χ0) is 12.3. The van der Waals surface area contributed by atoms with Crippen LogP contribution in [0.2, 0.25) is 0 Å². The minimum atomic E-state index is 0. The summed E-state index contributed by atoms with van der Waals surface area (Å²) in [5.74, 6) is 0.623. The van der Waals surface area contributed by atoms with Gasteiger partial charge in [0.1, 0.15) is 0 Å². The molecule has 0 radical (unpaired) electrons. The molecule has 1 atom stereocenters. The molecule has 1 aliphatic heterocycles. The average Bonchev–Trinajstić information content (AvgIpc) is 2.76. The standard InChI is InChI=1S/C13H17IN2O.ClH/c1-9-2-3-11(7-12(9)14)16-13(17)6-10-4-5-15-8-10;/h2-3,7,10,15H,4-6,8H2,1H3,(H,16,17);1H.